The van der Waals surface area contributed by atoms with Gasteiger partial charge < -0.3 is 4.74 Å². The van der Waals surface area contributed by atoms with Crippen molar-refractivity contribution in [1.29, 1.82) is 0 Å². The Morgan fingerprint density at radius 1 is 1.10 bits per heavy atom. The lowest BCUT2D eigenvalue weighted by atomic mass is 10.0. The topological polar surface area (TPSA) is 52.4 Å². The first-order valence-corrected chi connectivity index (χ1v) is 5.57. The van der Waals surface area contributed by atoms with Crippen molar-refractivity contribution < 1.29 is 27.2 Å². The average molecular weight is 301 g/mol. The van der Waals surface area contributed by atoms with Crippen LogP contribution in [-0.4, -0.2) is 11.3 Å². The van der Waals surface area contributed by atoms with Crippen LogP contribution in [0.2, 0.25) is 0 Å². The zero-order valence-electron chi connectivity index (χ0n) is 10.2. The van der Waals surface area contributed by atoms with Gasteiger partial charge in [0.15, 0.2) is 0 Å². The fourth-order valence-electron chi connectivity index (χ4n) is 1.74. The Morgan fingerprint density at radius 3 is 2.33 bits per heavy atom. The van der Waals surface area contributed by atoms with Crippen LogP contribution in [0.4, 0.5) is 23.2 Å². The summed E-state index contributed by atoms with van der Waals surface area (Å²) >= 11 is 0. The first-order valence-electron chi connectivity index (χ1n) is 5.57. The normalized spacial score (nSPS) is 11.2. The number of hydrogen-bond acceptors (Lipinski definition) is 3. The van der Waals surface area contributed by atoms with Crippen LogP contribution in [0.25, 0.3) is 11.1 Å². The third-order valence-corrected chi connectivity index (χ3v) is 2.57. The molecule has 0 fully saturated rings. The van der Waals surface area contributed by atoms with Crippen molar-refractivity contribution in [3.05, 3.63) is 58.4 Å². The summed E-state index contributed by atoms with van der Waals surface area (Å²) in [6.45, 7) is 0. The smallest absolute Gasteiger partial charge is 0.405 e. The molecular formula is C13H7F4NO3. The Balaban J connectivity index is 2.47. The summed E-state index contributed by atoms with van der Waals surface area (Å²) in [6.07, 6.45) is -4.89. The van der Waals surface area contributed by atoms with Gasteiger partial charge in [-0.1, -0.05) is 18.2 Å². The standard InChI is InChI=1S/C13H7F4NO3/c14-10-7-8(5-6-11(10)18(19)20)9-3-1-2-4-12(9)21-13(15,16)17/h1-7H. The molecule has 2 aromatic rings. The Morgan fingerprint density at radius 2 is 1.76 bits per heavy atom. The van der Waals surface area contributed by atoms with Gasteiger partial charge in [0, 0.05) is 11.6 Å². The summed E-state index contributed by atoms with van der Waals surface area (Å²) in [5.74, 6) is -1.66. The second-order valence-electron chi connectivity index (χ2n) is 3.97. The van der Waals surface area contributed by atoms with E-state index in [2.05, 4.69) is 4.74 Å². The molecule has 8 heteroatoms. The first kappa shape index (κ1) is 14.8. The highest BCUT2D eigenvalue weighted by atomic mass is 19.4. The number of nitro groups is 1. The van der Waals surface area contributed by atoms with E-state index < -0.39 is 28.5 Å². The monoisotopic (exact) mass is 301 g/mol. The SMILES string of the molecule is O=[N+]([O-])c1ccc(-c2ccccc2OC(F)(F)F)cc1F. The summed E-state index contributed by atoms with van der Waals surface area (Å²) in [5.41, 5.74) is -0.741. The maximum Gasteiger partial charge on any atom is 0.573 e. The van der Waals surface area contributed by atoms with E-state index >= 15 is 0 Å². The lowest BCUT2D eigenvalue weighted by molar-refractivity contribution is -0.387. The Bertz CT molecular complexity index is 685. The van der Waals surface area contributed by atoms with Crippen molar-refractivity contribution in [3.8, 4) is 16.9 Å². The van der Waals surface area contributed by atoms with Crippen molar-refractivity contribution >= 4 is 5.69 Å². The molecule has 2 aromatic carbocycles. The summed E-state index contributed by atoms with van der Waals surface area (Å²) in [5, 5.41) is 10.5. The third kappa shape index (κ3) is 3.47. The van der Waals surface area contributed by atoms with Crippen LogP contribution in [-0.2, 0) is 0 Å². The number of ether oxygens (including phenoxy) is 1. The summed E-state index contributed by atoms with van der Waals surface area (Å²) in [6, 6.07) is 7.96. The Hall–Kier alpha value is -2.64. The fourth-order valence-corrected chi connectivity index (χ4v) is 1.74. The van der Waals surface area contributed by atoms with E-state index in [-0.39, 0.29) is 11.1 Å². The molecular weight excluding hydrogens is 294 g/mol. The molecule has 0 aliphatic rings. The Labute approximate surface area is 115 Å². The third-order valence-electron chi connectivity index (χ3n) is 2.57. The van der Waals surface area contributed by atoms with Crippen LogP contribution in [0, 0.1) is 15.9 Å². The second-order valence-corrected chi connectivity index (χ2v) is 3.97. The van der Waals surface area contributed by atoms with Gasteiger partial charge in [-0.05, 0) is 23.8 Å². The van der Waals surface area contributed by atoms with E-state index in [1.54, 1.807) is 0 Å². The summed E-state index contributed by atoms with van der Waals surface area (Å²) in [4.78, 5) is 9.60. The number of benzene rings is 2. The maximum absolute atomic E-state index is 13.6. The molecule has 0 unspecified atom stereocenters. The van der Waals surface area contributed by atoms with Gasteiger partial charge in [-0.2, -0.15) is 4.39 Å². The van der Waals surface area contributed by atoms with Gasteiger partial charge in [-0.15, -0.1) is 13.2 Å². The number of nitrogens with zero attached hydrogens (tertiary/aromatic N) is 1. The van der Waals surface area contributed by atoms with Crippen LogP contribution >= 0.6 is 0 Å². The van der Waals surface area contributed by atoms with Crippen LogP contribution in [0.1, 0.15) is 0 Å². The molecule has 0 spiro atoms. The minimum absolute atomic E-state index is 0.0244. The molecule has 0 aromatic heterocycles. The minimum atomic E-state index is -4.89. The fraction of sp³-hybridized carbons (Fsp3) is 0.0769. The number of rotatable bonds is 3. The summed E-state index contributed by atoms with van der Waals surface area (Å²) in [7, 11) is 0. The quantitative estimate of drug-likeness (QED) is 0.482. The number of para-hydroxylation sites is 1. The number of nitro benzene ring substituents is 1. The van der Waals surface area contributed by atoms with Crippen LogP contribution in [0.3, 0.4) is 0 Å². The van der Waals surface area contributed by atoms with Crippen LogP contribution in [0.15, 0.2) is 42.5 Å². The molecule has 0 aliphatic heterocycles. The minimum Gasteiger partial charge on any atom is -0.405 e. The van der Waals surface area contributed by atoms with E-state index in [0.29, 0.717) is 0 Å². The van der Waals surface area contributed by atoms with Gasteiger partial charge in [-0.3, -0.25) is 10.1 Å². The number of alkyl halides is 3. The van der Waals surface area contributed by atoms with E-state index in [0.717, 1.165) is 24.3 Å². The zero-order valence-corrected chi connectivity index (χ0v) is 10.2. The molecule has 0 saturated carbocycles. The van der Waals surface area contributed by atoms with Gasteiger partial charge >= 0.3 is 12.0 Å². The predicted molar refractivity (Wildman–Crippen MR) is 65.2 cm³/mol. The van der Waals surface area contributed by atoms with E-state index in [1.165, 1.54) is 18.2 Å². The Kier molecular flexibility index (Phi) is 3.79. The van der Waals surface area contributed by atoms with Gasteiger partial charge in [0.05, 0.1) is 4.92 Å². The molecule has 0 N–H and O–H groups in total. The van der Waals surface area contributed by atoms with Gasteiger partial charge in [0.25, 0.3) is 0 Å². The largest absolute Gasteiger partial charge is 0.573 e. The summed E-state index contributed by atoms with van der Waals surface area (Å²) < 4.78 is 54.3. The van der Waals surface area contributed by atoms with Crippen molar-refractivity contribution in [1.82, 2.24) is 0 Å². The second kappa shape index (κ2) is 5.39. The highest BCUT2D eigenvalue weighted by molar-refractivity contribution is 5.71. The van der Waals surface area contributed by atoms with Gasteiger partial charge in [0.1, 0.15) is 5.75 Å². The van der Waals surface area contributed by atoms with Crippen molar-refractivity contribution in [2.24, 2.45) is 0 Å². The van der Waals surface area contributed by atoms with Crippen molar-refractivity contribution in [3.63, 3.8) is 0 Å². The number of halogens is 4. The lowest BCUT2D eigenvalue weighted by Crippen LogP contribution is -2.17. The van der Waals surface area contributed by atoms with Gasteiger partial charge in [0.2, 0.25) is 5.82 Å². The van der Waals surface area contributed by atoms with Crippen LogP contribution < -0.4 is 4.74 Å². The highest BCUT2D eigenvalue weighted by Gasteiger charge is 2.32. The molecule has 0 amide bonds. The molecule has 0 bridgehead atoms. The molecule has 4 nitrogen and oxygen atoms in total. The van der Waals surface area contributed by atoms with Gasteiger partial charge in [-0.25, -0.2) is 0 Å². The molecule has 2 rings (SSSR count). The molecule has 0 atom stereocenters. The van der Waals surface area contributed by atoms with E-state index in [1.807, 2.05) is 0 Å². The molecule has 0 radical (unpaired) electrons. The lowest BCUT2D eigenvalue weighted by Gasteiger charge is -2.13. The molecule has 0 heterocycles. The first-order chi connectivity index (χ1) is 9.78. The predicted octanol–water partition coefficient (Wildman–Crippen LogP) is 4.30. The molecule has 21 heavy (non-hydrogen) atoms. The molecule has 110 valence electrons. The maximum atomic E-state index is 13.6. The molecule has 0 saturated heterocycles. The van der Waals surface area contributed by atoms with Crippen molar-refractivity contribution in [2.45, 2.75) is 6.36 Å². The highest BCUT2D eigenvalue weighted by Crippen LogP contribution is 2.35. The number of hydrogen-bond donors (Lipinski definition) is 0. The van der Waals surface area contributed by atoms with E-state index in [4.69, 9.17) is 0 Å². The van der Waals surface area contributed by atoms with E-state index in [9.17, 15) is 27.7 Å². The zero-order chi connectivity index (χ0) is 15.6. The molecule has 0 aliphatic carbocycles. The van der Waals surface area contributed by atoms with Crippen molar-refractivity contribution in [2.75, 3.05) is 0 Å². The van der Waals surface area contributed by atoms with Crippen LogP contribution in [0.5, 0.6) is 5.75 Å². The average Bonchev–Trinajstić information content (AvgIpc) is 2.36.